The Bertz CT molecular complexity index is 1080. The topological polar surface area (TPSA) is 69.7 Å². The van der Waals surface area contributed by atoms with Gasteiger partial charge >= 0.3 is 6.18 Å². The molecule has 2 aromatic carbocycles. The summed E-state index contributed by atoms with van der Waals surface area (Å²) in [6, 6.07) is 7.44. The molecule has 1 N–H and O–H groups in total. The van der Waals surface area contributed by atoms with Gasteiger partial charge in [-0.2, -0.15) is 13.2 Å². The molecule has 1 aliphatic rings. The zero-order valence-corrected chi connectivity index (χ0v) is 18.3. The average Bonchev–Trinajstić information content (AvgIpc) is 3.14. The van der Waals surface area contributed by atoms with Crippen LogP contribution in [-0.2, 0) is 15.8 Å². The zero-order chi connectivity index (χ0) is 23.6. The normalized spacial score (nSPS) is 13.9. The van der Waals surface area contributed by atoms with Gasteiger partial charge in [-0.15, -0.1) is 0 Å². The molecule has 170 valence electrons. The maximum Gasteiger partial charge on any atom is 0.417 e. The van der Waals surface area contributed by atoms with E-state index in [0.717, 1.165) is 17.0 Å². The summed E-state index contributed by atoms with van der Waals surface area (Å²) in [6.45, 7) is 0.0822. The lowest BCUT2D eigenvalue weighted by Gasteiger charge is -2.21. The van der Waals surface area contributed by atoms with Gasteiger partial charge in [-0.25, -0.2) is 0 Å². The number of nitrogens with one attached hydrogen (secondary N) is 1. The van der Waals surface area contributed by atoms with E-state index in [2.05, 4.69) is 5.32 Å². The Morgan fingerprint density at radius 1 is 1.12 bits per heavy atom. The van der Waals surface area contributed by atoms with Gasteiger partial charge in [0.1, 0.15) is 0 Å². The number of alkyl halides is 3. The molecule has 0 spiro atoms. The van der Waals surface area contributed by atoms with E-state index >= 15 is 0 Å². The van der Waals surface area contributed by atoms with Gasteiger partial charge in [0.25, 0.3) is 5.91 Å². The van der Waals surface area contributed by atoms with Crippen LogP contribution in [0.4, 0.5) is 24.5 Å². The van der Waals surface area contributed by atoms with Crippen LogP contribution in [0.1, 0.15) is 28.8 Å². The molecule has 0 radical (unpaired) electrons. The van der Waals surface area contributed by atoms with Gasteiger partial charge in [-0.1, -0.05) is 23.2 Å². The summed E-state index contributed by atoms with van der Waals surface area (Å²) in [7, 11) is 1.38. The van der Waals surface area contributed by atoms with Crippen LogP contribution in [0, 0.1) is 0 Å². The number of benzene rings is 2. The summed E-state index contributed by atoms with van der Waals surface area (Å²) >= 11 is 11.8. The zero-order valence-electron chi connectivity index (χ0n) is 16.8. The third-order valence-electron chi connectivity index (χ3n) is 4.84. The Kier molecular flexibility index (Phi) is 7.00. The van der Waals surface area contributed by atoms with Crippen molar-refractivity contribution in [2.75, 3.05) is 30.4 Å². The van der Waals surface area contributed by atoms with E-state index in [0.29, 0.717) is 30.1 Å². The van der Waals surface area contributed by atoms with Gasteiger partial charge in [-0.05, 0) is 42.8 Å². The molecule has 0 bridgehead atoms. The summed E-state index contributed by atoms with van der Waals surface area (Å²) in [5, 5.41) is 2.16. The van der Waals surface area contributed by atoms with E-state index in [1.54, 1.807) is 0 Å². The Morgan fingerprint density at radius 3 is 2.44 bits per heavy atom. The first-order chi connectivity index (χ1) is 15.0. The maximum absolute atomic E-state index is 13.0. The highest BCUT2D eigenvalue weighted by Gasteiger charge is 2.33. The highest BCUT2D eigenvalue weighted by molar-refractivity contribution is 6.34. The predicted octanol–water partition coefficient (Wildman–Crippen LogP) is 4.85. The number of halogens is 5. The van der Waals surface area contributed by atoms with Crippen LogP contribution in [0.5, 0.6) is 0 Å². The second kappa shape index (κ2) is 9.38. The summed E-state index contributed by atoms with van der Waals surface area (Å²) < 4.78 is 38.9. The van der Waals surface area contributed by atoms with E-state index in [9.17, 15) is 27.6 Å². The molecule has 0 atom stereocenters. The highest BCUT2D eigenvalue weighted by Crippen LogP contribution is 2.36. The molecule has 1 fully saturated rings. The molecule has 0 aliphatic carbocycles. The fraction of sp³-hybridized carbons (Fsp3) is 0.286. The van der Waals surface area contributed by atoms with Crippen LogP contribution in [0.2, 0.25) is 10.0 Å². The smallest absolute Gasteiger partial charge is 0.332 e. The Hall–Kier alpha value is -2.78. The van der Waals surface area contributed by atoms with E-state index in [1.165, 1.54) is 36.2 Å². The lowest BCUT2D eigenvalue weighted by atomic mass is 10.1. The van der Waals surface area contributed by atoms with Crippen LogP contribution >= 0.6 is 23.2 Å². The highest BCUT2D eigenvalue weighted by atomic mass is 35.5. The number of amides is 3. The lowest BCUT2D eigenvalue weighted by Crippen LogP contribution is -2.35. The van der Waals surface area contributed by atoms with Crippen LogP contribution in [0.3, 0.4) is 0 Å². The van der Waals surface area contributed by atoms with Crippen LogP contribution < -0.4 is 10.2 Å². The number of carbonyl (C=O) groups is 3. The van der Waals surface area contributed by atoms with Crippen molar-refractivity contribution >= 4 is 52.3 Å². The first-order valence-electron chi connectivity index (χ1n) is 9.49. The lowest BCUT2D eigenvalue weighted by molar-refractivity contribution is -0.137. The van der Waals surface area contributed by atoms with Crippen molar-refractivity contribution in [3.63, 3.8) is 0 Å². The van der Waals surface area contributed by atoms with Gasteiger partial charge < -0.3 is 15.1 Å². The molecule has 32 heavy (non-hydrogen) atoms. The van der Waals surface area contributed by atoms with Gasteiger partial charge in [-0.3, -0.25) is 14.4 Å². The molecule has 1 saturated heterocycles. The summed E-state index contributed by atoms with van der Waals surface area (Å²) in [5.41, 5.74) is -0.551. The van der Waals surface area contributed by atoms with Crippen molar-refractivity contribution in [1.82, 2.24) is 4.90 Å². The third kappa shape index (κ3) is 5.34. The molecule has 11 heteroatoms. The summed E-state index contributed by atoms with van der Waals surface area (Å²) in [6.07, 6.45) is -3.59. The Morgan fingerprint density at radius 2 is 1.81 bits per heavy atom. The molecule has 3 rings (SSSR count). The quantitative estimate of drug-likeness (QED) is 0.655. The minimum absolute atomic E-state index is 0.0922. The van der Waals surface area contributed by atoms with Crippen molar-refractivity contribution in [2.45, 2.75) is 19.0 Å². The SMILES string of the molecule is CN(CC(=O)Nc1ccc(Cl)c(C(F)(F)F)c1)C(=O)c1ccc(Cl)c(N2CCCC2=O)c1. The number of carbonyl (C=O) groups excluding carboxylic acids is 3. The van der Waals surface area contributed by atoms with Crippen molar-refractivity contribution < 1.29 is 27.6 Å². The standard InChI is InChI=1S/C21H18Cl2F3N3O3/c1-28(11-18(30)27-13-5-7-15(22)14(10-13)21(24,25)26)20(32)12-4-6-16(23)17(9-12)29-8-2-3-19(29)31/h4-7,9-10H,2-3,8,11H2,1H3,(H,27,30). The molecule has 0 unspecified atom stereocenters. The van der Waals surface area contributed by atoms with Crippen LogP contribution in [0.25, 0.3) is 0 Å². The summed E-state index contributed by atoms with van der Waals surface area (Å²) in [5.74, 6) is -1.30. The molecule has 1 aliphatic heterocycles. The number of anilines is 2. The second-order valence-electron chi connectivity index (χ2n) is 7.22. The van der Waals surface area contributed by atoms with Crippen molar-refractivity contribution in [3.8, 4) is 0 Å². The summed E-state index contributed by atoms with van der Waals surface area (Å²) in [4.78, 5) is 39.7. The minimum atomic E-state index is -4.67. The first-order valence-corrected chi connectivity index (χ1v) is 10.2. The van der Waals surface area contributed by atoms with Crippen molar-refractivity contribution in [1.29, 1.82) is 0 Å². The molecule has 0 saturated carbocycles. The Balaban J connectivity index is 1.70. The number of rotatable bonds is 5. The van der Waals surface area contributed by atoms with Gasteiger partial charge in [0.05, 0.1) is 27.8 Å². The van der Waals surface area contributed by atoms with E-state index in [-0.39, 0.29) is 17.2 Å². The third-order valence-corrected chi connectivity index (χ3v) is 5.49. The maximum atomic E-state index is 13.0. The van der Waals surface area contributed by atoms with Gasteiger partial charge in [0.15, 0.2) is 0 Å². The van der Waals surface area contributed by atoms with Gasteiger partial charge in [0, 0.05) is 31.3 Å². The molecular weight excluding hydrogens is 470 g/mol. The van der Waals surface area contributed by atoms with Crippen LogP contribution in [-0.4, -0.2) is 42.8 Å². The fourth-order valence-electron chi connectivity index (χ4n) is 3.28. The molecule has 0 aromatic heterocycles. The molecular formula is C21H18Cl2F3N3O3. The van der Waals surface area contributed by atoms with E-state index in [1.807, 2.05) is 0 Å². The molecule has 1 heterocycles. The number of hydrogen-bond acceptors (Lipinski definition) is 3. The molecule has 2 aromatic rings. The van der Waals surface area contributed by atoms with Crippen molar-refractivity contribution in [2.24, 2.45) is 0 Å². The Labute approximate surface area is 191 Å². The first kappa shape index (κ1) is 23.9. The average molecular weight is 488 g/mol. The van der Waals surface area contributed by atoms with Gasteiger partial charge in [0.2, 0.25) is 11.8 Å². The monoisotopic (exact) mass is 487 g/mol. The second-order valence-corrected chi connectivity index (χ2v) is 8.03. The molecule has 6 nitrogen and oxygen atoms in total. The van der Waals surface area contributed by atoms with Crippen LogP contribution in [0.15, 0.2) is 36.4 Å². The van der Waals surface area contributed by atoms with E-state index < -0.39 is 35.1 Å². The largest absolute Gasteiger partial charge is 0.417 e. The minimum Gasteiger partial charge on any atom is -0.332 e. The predicted molar refractivity (Wildman–Crippen MR) is 115 cm³/mol. The number of hydrogen-bond donors (Lipinski definition) is 1. The fourth-order valence-corrected chi connectivity index (χ4v) is 3.73. The van der Waals surface area contributed by atoms with E-state index in [4.69, 9.17) is 23.2 Å². The van der Waals surface area contributed by atoms with Crippen molar-refractivity contribution in [3.05, 3.63) is 57.6 Å². The molecule has 3 amide bonds. The number of nitrogens with zero attached hydrogens (tertiary/aromatic N) is 2. The number of likely N-dealkylation sites (N-methyl/N-ethyl adjacent to an activating group) is 1.